The first-order chi connectivity index (χ1) is 31.4. The molecular weight excluding hydrogens is 813 g/mol. The highest BCUT2D eigenvalue weighted by Gasteiger charge is 2.33. The lowest BCUT2D eigenvalue weighted by molar-refractivity contribution is -0.135. The second-order valence-corrected chi connectivity index (χ2v) is 16.0. The maximum atomic E-state index is 14.5. The van der Waals surface area contributed by atoms with Crippen LogP contribution in [0.4, 0.5) is 0 Å². The van der Waals surface area contributed by atoms with Gasteiger partial charge in [-0.25, -0.2) is 0 Å². The number of esters is 2. The van der Waals surface area contributed by atoms with E-state index < -0.39 is 23.8 Å². The molecule has 0 saturated carbocycles. The van der Waals surface area contributed by atoms with E-state index in [-0.39, 0.29) is 26.4 Å². The second kappa shape index (κ2) is 16.1. The van der Waals surface area contributed by atoms with Crippen molar-refractivity contribution in [3.8, 4) is 46.0 Å². The van der Waals surface area contributed by atoms with Gasteiger partial charge in [-0.05, 0) is 83.6 Å². The van der Waals surface area contributed by atoms with Gasteiger partial charge < -0.3 is 47.9 Å². The molecule has 3 aliphatic heterocycles. The fraction of sp³-hybridized carbons (Fsp3) is 0.192. The van der Waals surface area contributed by atoms with Crippen LogP contribution in [0.3, 0.4) is 0 Å². The number of para-hydroxylation sites is 2. The maximum absolute atomic E-state index is 14.5. The van der Waals surface area contributed by atoms with Gasteiger partial charge in [0.1, 0.15) is 23.0 Å². The Morgan fingerprint density at radius 3 is 1.27 bits per heavy atom. The number of methoxy groups -OCH3 is 2. The molecule has 0 unspecified atom stereocenters. The predicted molar refractivity (Wildman–Crippen MR) is 238 cm³/mol. The minimum Gasteiger partial charge on any atom is -0.497 e. The van der Waals surface area contributed by atoms with E-state index in [4.69, 9.17) is 37.9 Å². The molecule has 0 aliphatic carbocycles. The number of rotatable bonds is 4. The third-order valence-electron chi connectivity index (χ3n) is 12.4. The predicted octanol–water partition coefficient (Wildman–Crippen LogP) is 9.87. The highest BCUT2D eigenvalue weighted by molar-refractivity contribution is 5.88. The van der Waals surface area contributed by atoms with Gasteiger partial charge in [-0.1, -0.05) is 60.7 Å². The van der Waals surface area contributed by atoms with E-state index in [2.05, 4.69) is 9.97 Å². The highest BCUT2D eigenvalue weighted by Crippen LogP contribution is 2.49. The monoisotopic (exact) mass is 854 g/mol. The molecule has 0 radical (unpaired) electrons. The van der Waals surface area contributed by atoms with E-state index in [1.807, 2.05) is 109 Å². The Morgan fingerprint density at radius 2 is 0.859 bits per heavy atom. The smallest absolute Gasteiger partial charge is 0.311 e. The van der Waals surface area contributed by atoms with Crippen molar-refractivity contribution in [2.24, 2.45) is 0 Å². The number of aryl methyl sites for hydroxylation is 2. The summed E-state index contributed by atoms with van der Waals surface area (Å²) < 4.78 is 47.7. The van der Waals surface area contributed by atoms with Gasteiger partial charge in [-0.3, -0.25) is 9.59 Å². The Morgan fingerprint density at radius 1 is 0.469 bits per heavy atom. The standard InChI is InChI=1S/C52H42N2O10/c1-57-31-15-11-29(12-16-31)49-37-23-43-45(61-27-59-43)25-41(37)63-47(55)22-20-36-34-8-4-6-10-40(34)54-52(36)50(30-13-17-32(58-2)18-14-30)38-24-44-46(62-28-60-44)26-42(38)64-48(56)21-19-35-33-7-3-5-9-39(33)53-51(35)49/h3-18,23-26,49-50,53-54H,19-22,27-28H2,1-2H3/t49-,50+. The zero-order valence-corrected chi connectivity index (χ0v) is 35.0. The van der Waals surface area contributed by atoms with Crippen LogP contribution in [0.1, 0.15) is 69.4 Å². The summed E-state index contributed by atoms with van der Waals surface area (Å²) in [6, 6.07) is 38.9. The maximum Gasteiger partial charge on any atom is 0.311 e. The first-order valence-electron chi connectivity index (χ1n) is 21.2. The van der Waals surface area contributed by atoms with Gasteiger partial charge >= 0.3 is 11.9 Å². The normalized spacial score (nSPS) is 17.0. The first kappa shape index (κ1) is 39.0. The summed E-state index contributed by atoms with van der Waals surface area (Å²) in [6.45, 7) is 0.0584. The lowest BCUT2D eigenvalue weighted by Gasteiger charge is -2.24. The van der Waals surface area contributed by atoms with Gasteiger partial charge in [0, 0.05) is 56.5 Å². The second-order valence-electron chi connectivity index (χ2n) is 16.0. The molecule has 3 aliphatic rings. The summed E-state index contributed by atoms with van der Waals surface area (Å²) >= 11 is 0. The minimum absolute atomic E-state index is 0.0292. The first-order valence-corrected chi connectivity index (χ1v) is 21.2. The third-order valence-corrected chi connectivity index (χ3v) is 12.4. The third kappa shape index (κ3) is 6.97. The molecule has 12 nitrogen and oxygen atoms in total. The summed E-state index contributed by atoms with van der Waals surface area (Å²) in [6.07, 6.45) is 0.703. The summed E-state index contributed by atoms with van der Waals surface area (Å²) in [5.41, 5.74) is 8.37. The molecule has 12 heteroatoms. The van der Waals surface area contributed by atoms with E-state index in [9.17, 15) is 9.59 Å². The average Bonchev–Trinajstić information content (AvgIpc) is 4.13. The number of carbonyl (C=O) groups is 2. The molecule has 0 amide bonds. The number of carbonyl (C=O) groups excluding carboxylic acids is 2. The molecule has 2 atom stereocenters. The Hall–Kier alpha value is -7.86. The lowest BCUT2D eigenvalue weighted by atomic mass is 9.84. The number of hydrogen-bond donors (Lipinski definition) is 2. The molecule has 0 saturated heterocycles. The summed E-state index contributed by atoms with van der Waals surface area (Å²) in [5, 5.41) is 1.90. The Kier molecular flexibility index (Phi) is 9.83. The molecule has 0 spiro atoms. The van der Waals surface area contributed by atoms with Crippen LogP contribution < -0.4 is 37.9 Å². The van der Waals surface area contributed by atoms with Gasteiger partial charge in [0.25, 0.3) is 0 Å². The van der Waals surface area contributed by atoms with Crippen LogP contribution in [0.5, 0.6) is 46.0 Å². The average molecular weight is 855 g/mol. The molecule has 8 aromatic rings. The number of nitrogens with one attached hydrogen (secondary N) is 2. The van der Waals surface area contributed by atoms with Gasteiger partial charge in [0.2, 0.25) is 13.6 Å². The molecule has 0 bridgehead atoms. The largest absolute Gasteiger partial charge is 0.497 e. The molecule has 11 rings (SSSR count). The number of aromatic nitrogens is 2. The Labute approximate surface area is 367 Å². The molecule has 0 fully saturated rings. The molecule has 6 aromatic carbocycles. The molecular formula is C52H42N2O10. The van der Waals surface area contributed by atoms with E-state index in [1.165, 1.54) is 0 Å². The zero-order chi connectivity index (χ0) is 43.3. The zero-order valence-electron chi connectivity index (χ0n) is 35.0. The number of H-pyrrole nitrogens is 2. The number of benzene rings is 6. The van der Waals surface area contributed by atoms with Gasteiger partial charge in [0.15, 0.2) is 23.0 Å². The fourth-order valence-corrected chi connectivity index (χ4v) is 9.38. The van der Waals surface area contributed by atoms with Crippen molar-refractivity contribution in [1.82, 2.24) is 9.97 Å². The van der Waals surface area contributed by atoms with Crippen molar-refractivity contribution in [2.45, 2.75) is 37.5 Å². The molecule has 320 valence electrons. The van der Waals surface area contributed by atoms with Crippen molar-refractivity contribution < 1.29 is 47.5 Å². The van der Waals surface area contributed by atoms with E-state index in [0.29, 0.717) is 70.0 Å². The minimum atomic E-state index is -0.522. The number of aromatic amines is 2. The van der Waals surface area contributed by atoms with Crippen molar-refractivity contribution >= 4 is 33.7 Å². The van der Waals surface area contributed by atoms with Gasteiger partial charge in [-0.15, -0.1) is 0 Å². The van der Waals surface area contributed by atoms with Crippen molar-refractivity contribution in [1.29, 1.82) is 0 Å². The van der Waals surface area contributed by atoms with E-state index in [1.54, 1.807) is 26.4 Å². The van der Waals surface area contributed by atoms with Crippen LogP contribution >= 0.6 is 0 Å². The quantitative estimate of drug-likeness (QED) is 0.130. The van der Waals surface area contributed by atoms with Gasteiger partial charge in [0.05, 0.1) is 38.9 Å². The highest BCUT2D eigenvalue weighted by atomic mass is 16.7. The van der Waals surface area contributed by atoms with Crippen LogP contribution in [0.25, 0.3) is 21.8 Å². The number of fused-ring (bicyclic) bond motifs is 10. The van der Waals surface area contributed by atoms with Crippen molar-refractivity contribution in [2.75, 3.05) is 27.8 Å². The van der Waals surface area contributed by atoms with Crippen LogP contribution in [0, 0.1) is 0 Å². The molecule has 5 heterocycles. The van der Waals surface area contributed by atoms with Crippen LogP contribution in [-0.2, 0) is 22.4 Å². The summed E-state index contributed by atoms with van der Waals surface area (Å²) in [7, 11) is 3.25. The Balaban J connectivity index is 1.12. The summed E-state index contributed by atoms with van der Waals surface area (Å²) in [4.78, 5) is 36.4. The summed E-state index contributed by atoms with van der Waals surface area (Å²) in [5.74, 6) is 2.16. The van der Waals surface area contributed by atoms with E-state index in [0.717, 1.165) is 55.4 Å². The fourth-order valence-electron chi connectivity index (χ4n) is 9.38. The SMILES string of the molecule is COc1ccc([C@@H]2c3cc4c(cc3OC(=O)CCc3c([nH]c5ccccc35)[C@@H](c3ccc(OC)cc3)c3cc5c(cc3OC(=O)CCc3c2[nH]c2ccccc32)OCO5)OCO4)cc1. The van der Waals surface area contributed by atoms with Crippen molar-refractivity contribution in [3.63, 3.8) is 0 Å². The van der Waals surface area contributed by atoms with E-state index >= 15 is 0 Å². The molecule has 2 N–H and O–H groups in total. The molecule has 64 heavy (non-hydrogen) atoms. The van der Waals surface area contributed by atoms with Crippen LogP contribution in [0.15, 0.2) is 121 Å². The molecule has 2 aromatic heterocycles. The van der Waals surface area contributed by atoms with Gasteiger partial charge in [-0.2, -0.15) is 0 Å². The Bertz CT molecular complexity index is 2890. The van der Waals surface area contributed by atoms with Crippen LogP contribution in [-0.4, -0.2) is 49.7 Å². The number of ether oxygens (including phenoxy) is 8. The lowest BCUT2D eigenvalue weighted by Crippen LogP contribution is -2.16. The number of hydrogen-bond acceptors (Lipinski definition) is 10. The topological polar surface area (TPSA) is 140 Å². The van der Waals surface area contributed by atoms with Crippen LogP contribution in [0.2, 0.25) is 0 Å². The van der Waals surface area contributed by atoms with Crippen molar-refractivity contribution in [3.05, 3.63) is 166 Å².